The number of hydrogen-bond donors (Lipinski definition) is 2. The number of aromatic nitrogens is 2. The van der Waals surface area contributed by atoms with Crippen LogP contribution in [0.4, 0.5) is 0 Å². The van der Waals surface area contributed by atoms with Crippen molar-refractivity contribution in [2.75, 3.05) is 0 Å². The van der Waals surface area contributed by atoms with Gasteiger partial charge in [-0.05, 0) is 12.1 Å². The van der Waals surface area contributed by atoms with Crippen molar-refractivity contribution in [3.05, 3.63) is 50.4 Å². The lowest BCUT2D eigenvalue weighted by molar-refractivity contribution is 0.0684. The highest BCUT2D eigenvalue weighted by Gasteiger charge is 2.17. The van der Waals surface area contributed by atoms with Crippen LogP contribution in [-0.2, 0) is 0 Å². The highest BCUT2D eigenvalue weighted by Crippen LogP contribution is 2.27. The molecule has 1 heterocycles. The van der Waals surface area contributed by atoms with E-state index < -0.39 is 23.0 Å². The Bertz CT molecular complexity index is 727. The second-order valence-corrected chi connectivity index (χ2v) is 4.29. The first kappa shape index (κ1) is 13.4. The molecule has 0 amide bonds. The molecular weight excluding hydrogens is 295 g/mol. The number of benzene rings is 1. The topological polar surface area (TPSA) is 92.4 Å². The van der Waals surface area contributed by atoms with Crippen molar-refractivity contribution in [1.29, 1.82) is 0 Å². The smallest absolute Gasteiger partial charge is 0.360 e. The van der Waals surface area contributed by atoms with E-state index in [9.17, 15) is 14.7 Å². The Morgan fingerprint density at radius 2 is 2.00 bits per heavy atom. The van der Waals surface area contributed by atoms with Crippen molar-refractivity contribution >= 4 is 29.2 Å². The van der Waals surface area contributed by atoms with Crippen LogP contribution in [0.25, 0.3) is 5.69 Å². The van der Waals surface area contributed by atoms with Crippen molar-refractivity contribution in [2.24, 2.45) is 0 Å². The summed E-state index contributed by atoms with van der Waals surface area (Å²) in [5.41, 5.74) is -1.26. The summed E-state index contributed by atoms with van der Waals surface area (Å²) in [4.78, 5) is 22.6. The summed E-state index contributed by atoms with van der Waals surface area (Å²) in [5.74, 6) is -2.18. The zero-order valence-electron chi connectivity index (χ0n) is 9.17. The van der Waals surface area contributed by atoms with Crippen LogP contribution in [0.5, 0.6) is 5.75 Å². The predicted octanol–water partition coefficient (Wildman–Crippen LogP) is 1.94. The Labute approximate surface area is 116 Å². The number of carboxylic acid groups (broad SMARTS) is 1. The van der Waals surface area contributed by atoms with Crippen LogP contribution in [0.3, 0.4) is 0 Å². The molecule has 1 aromatic heterocycles. The number of aromatic hydroxyl groups is 1. The molecule has 0 radical (unpaired) electrons. The van der Waals surface area contributed by atoms with Gasteiger partial charge in [-0.25, -0.2) is 4.79 Å². The molecule has 1 aromatic carbocycles. The summed E-state index contributed by atoms with van der Waals surface area (Å²) in [5, 5.41) is 22.0. The molecule has 8 heteroatoms. The lowest BCUT2D eigenvalue weighted by atomic mass is 10.3. The fraction of sp³-hybridized carbons (Fsp3) is 0. The van der Waals surface area contributed by atoms with Crippen LogP contribution in [-0.4, -0.2) is 26.0 Å². The highest BCUT2D eigenvalue weighted by atomic mass is 35.5. The summed E-state index contributed by atoms with van der Waals surface area (Å²) in [6.07, 6.45) is 0. The number of nitrogens with zero attached hydrogens (tertiary/aromatic N) is 2. The van der Waals surface area contributed by atoms with Crippen molar-refractivity contribution in [3.8, 4) is 11.4 Å². The van der Waals surface area contributed by atoms with E-state index in [1.807, 2.05) is 0 Å². The number of aromatic carboxylic acids is 1. The van der Waals surface area contributed by atoms with Crippen LogP contribution in [0.1, 0.15) is 10.5 Å². The van der Waals surface area contributed by atoms with E-state index in [0.717, 1.165) is 10.7 Å². The lowest BCUT2D eigenvalue weighted by Gasteiger charge is -2.08. The molecule has 19 heavy (non-hydrogen) atoms. The maximum Gasteiger partial charge on any atom is 0.360 e. The molecule has 0 saturated heterocycles. The summed E-state index contributed by atoms with van der Waals surface area (Å²) < 4.78 is 0.761. The third-order valence-corrected chi connectivity index (χ3v) is 3.08. The molecule has 0 atom stereocenters. The normalized spacial score (nSPS) is 10.4. The summed E-state index contributed by atoms with van der Waals surface area (Å²) in [7, 11) is 0. The summed E-state index contributed by atoms with van der Waals surface area (Å²) in [6, 6.07) is 5.24. The first-order valence-corrected chi connectivity index (χ1v) is 5.68. The van der Waals surface area contributed by atoms with Crippen molar-refractivity contribution in [1.82, 2.24) is 9.78 Å². The third-order valence-electron chi connectivity index (χ3n) is 2.27. The molecule has 0 saturated carbocycles. The molecule has 0 aliphatic carbocycles. The lowest BCUT2D eigenvalue weighted by Crippen LogP contribution is -2.23. The SMILES string of the molecule is O=C(O)c1nn(-c2cccc(Cl)c2Cl)c(=O)cc1O. The molecular formula is C11H6Cl2N2O4. The van der Waals surface area contributed by atoms with Gasteiger partial charge in [0.2, 0.25) is 5.69 Å². The zero-order chi connectivity index (χ0) is 14.2. The van der Waals surface area contributed by atoms with Gasteiger partial charge in [0.1, 0.15) is 0 Å². The fourth-order valence-electron chi connectivity index (χ4n) is 1.43. The Morgan fingerprint density at radius 3 is 2.63 bits per heavy atom. The number of rotatable bonds is 2. The van der Waals surface area contributed by atoms with E-state index in [1.165, 1.54) is 18.2 Å². The van der Waals surface area contributed by atoms with E-state index in [4.69, 9.17) is 28.3 Å². The molecule has 0 unspecified atom stereocenters. The van der Waals surface area contributed by atoms with Crippen LogP contribution in [0.15, 0.2) is 29.1 Å². The van der Waals surface area contributed by atoms with Gasteiger partial charge in [-0.3, -0.25) is 4.79 Å². The van der Waals surface area contributed by atoms with E-state index >= 15 is 0 Å². The van der Waals surface area contributed by atoms with E-state index in [0.29, 0.717) is 0 Å². The molecule has 6 nitrogen and oxygen atoms in total. The van der Waals surface area contributed by atoms with Gasteiger partial charge in [0.05, 0.1) is 15.7 Å². The van der Waals surface area contributed by atoms with Crippen molar-refractivity contribution < 1.29 is 15.0 Å². The van der Waals surface area contributed by atoms with Crippen molar-refractivity contribution in [3.63, 3.8) is 0 Å². The van der Waals surface area contributed by atoms with Crippen LogP contribution < -0.4 is 5.56 Å². The van der Waals surface area contributed by atoms with Gasteiger partial charge in [0.15, 0.2) is 5.75 Å². The number of carbonyl (C=O) groups is 1. The van der Waals surface area contributed by atoms with E-state index in [2.05, 4.69) is 5.10 Å². The first-order chi connectivity index (χ1) is 8.91. The predicted molar refractivity (Wildman–Crippen MR) is 68.5 cm³/mol. The van der Waals surface area contributed by atoms with E-state index in [-0.39, 0.29) is 15.7 Å². The molecule has 2 rings (SSSR count). The van der Waals surface area contributed by atoms with Crippen LogP contribution >= 0.6 is 23.2 Å². The van der Waals surface area contributed by atoms with Gasteiger partial charge in [0, 0.05) is 6.07 Å². The van der Waals surface area contributed by atoms with Gasteiger partial charge in [-0.15, -0.1) is 0 Å². The van der Waals surface area contributed by atoms with Crippen LogP contribution in [0, 0.1) is 0 Å². The monoisotopic (exact) mass is 300 g/mol. The van der Waals surface area contributed by atoms with Crippen molar-refractivity contribution in [2.45, 2.75) is 0 Å². The Balaban J connectivity index is 2.76. The second kappa shape index (κ2) is 4.91. The average molecular weight is 301 g/mol. The molecule has 2 aromatic rings. The minimum Gasteiger partial charge on any atom is -0.505 e. The number of halogens is 2. The Kier molecular flexibility index (Phi) is 3.46. The third kappa shape index (κ3) is 2.40. The maximum atomic E-state index is 11.7. The quantitative estimate of drug-likeness (QED) is 0.884. The molecule has 0 fully saturated rings. The largest absolute Gasteiger partial charge is 0.505 e. The minimum atomic E-state index is -1.47. The average Bonchev–Trinajstić information content (AvgIpc) is 2.33. The molecule has 2 N–H and O–H groups in total. The van der Waals surface area contributed by atoms with Gasteiger partial charge in [0.25, 0.3) is 5.56 Å². The Morgan fingerprint density at radius 1 is 1.32 bits per heavy atom. The summed E-state index contributed by atoms with van der Waals surface area (Å²) >= 11 is 11.7. The number of hydrogen-bond acceptors (Lipinski definition) is 4. The highest BCUT2D eigenvalue weighted by molar-refractivity contribution is 6.43. The van der Waals surface area contributed by atoms with Gasteiger partial charge < -0.3 is 10.2 Å². The van der Waals surface area contributed by atoms with Crippen LogP contribution in [0.2, 0.25) is 10.0 Å². The van der Waals surface area contributed by atoms with E-state index in [1.54, 1.807) is 0 Å². The van der Waals surface area contributed by atoms with Gasteiger partial charge in [-0.1, -0.05) is 29.3 Å². The fourth-order valence-corrected chi connectivity index (χ4v) is 1.80. The molecule has 0 bridgehead atoms. The minimum absolute atomic E-state index is 0.0563. The zero-order valence-corrected chi connectivity index (χ0v) is 10.7. The Hall–Kier alpha value is -2.05. The molecule has 98 valence electrons. The maximum absolute atomic E-state index is 11.7. The molecule has 0 spiro atoms. The second-order valence-electron chi connectivity index (χ2n) is 3.51. The van der Waals surface area contributed by atoms with Gasteiger partial charge >= 0.3 is 5.97 Å². The van der Waals surface area contributed by atoms with Gasteiger partial charge in [-0.2, -0.15) is 9.78 Å². The molecule has 0 aliphatic heterocycles. The molecule has 0 aliphatic rings. The number of carboxylic acids is 1. The summed E-state index contributed by atoms with van der Waals surface area (Å²) in [6.45, 7) is 0. The standard InChI is InChI=1S/C11H6Cl2N2O4/c12-5-2-1-3-6(9(5)13)15-8(17)4-7(16)10(14-15)11(18)19/h1-4,16H,(H,18,19). The first-order valence-electron chi connectivity index (χ1n) is 4.93.